The molecule has 2 N–H and O–H groups in total. The molecule has 0 bridgehead atoms. The van der Waals surface area contributed by atoms with Gasteiger partial charge in [0.1, 0.15) is 0 Å². The highest BCUT2D eigenvalue weighted by Crippen LogP contribution is 2.33. The lowest BCUT2D eigenvalue weighted by molar-refractivity contribution is -0.109. The van der Waals surface area contributed by atoms with E-state index >= 15 is 0 Å². The number of thioether (sulfide) groups is 1. The normalized spacial score (nSPS) is 11.3. The highest BCUT2D eigenvalue weighted by molar-refractivity contribution is 8.13. The van der Waals surface area contributed by atoms with Crippen molar-refractivity contribution in [2.45, 2.75) is 13.3 Å². The summed E-state index contributed by atoms with van der Waals surface area (Å²) < 4.78 is 2.28. The molecule has 0 unspecified atom stereocenters. The van der Waals surface area contributed by atoms with Gasteiger partial charge in [0.25, 0.3) is 0 Å². The van der Waals surface area contributed by atoms with E-state index in [1.165, 1.54) is 39.1 Å². The lowest BCUT2D eigenvalue weighted by Gasteiger charge is -2.08. The Kier molecular flexibility index (Phi) is 4.43. The minimum atomic E-state index is 0.172. The maximum Gasteiger partial charge on any atom is 0.185 e. The average Bonchev–Trinajstić information content (AvgIpc) is 2.96. The van der Waals surface area contributed by atoms with E-state index in [1.807, 2.05) is 12.1 Å². The van der Waals surface area contributed by atoms with E-state index in [0.717, 1.165) is 23.5 Å². The highest BCUT2D eigenvalue weighted by Gasteiger charge is 2.12. The fourth-order valence-corrected chi connectivity index (χ4v) is 4.01. The number of para-hydroxylation sites is 1. The van der Waals surface area contributed by atoms with Crippen molar-refractivity contribution < 1.29 is 4.79 Å². The maximum absolute atomic E-state index is 11.2. The van der Waals surface area contributed by atoms with E-state index in [-0.39, 0.29) is 5.12 Å². The second-order valence-electron chi connectivity index (χ2n) is 6.39. The SMILES string of the molecule is CC(=O)SCCc1ccc2c(c1)c1ccccc1n2-c1ccc(N)cc1. The summed E-state index contributed by atoms with van der Waals surface area (Å²) in [6.45, 7) is 1.62. The topological polar surface area (TPSA) is 48.0 Å². The molecule has 0 aliphatic carbocycles. The van der Waals surface area contributed by atoms with Gasteiger partial charge in [0, 0.05) is 34.8 Å². The number of aromatic nitrogens is 1. The van der Waals surface area contributed by atoms with Gasteiger partial charge in [0.05, 0.1) is 11.0 Å². The number of benzene rings is 3. The number of nitrogens with two attached hydrogens (primary N) is 1. The average molecular weight is 360 g/mol. The summed E-state index contributed by atoms with van der Waals surface area (Å²) in [5, 5.41) is 2.65. The lowest BCUT2D eigenvalue weighted by Crippen LogP contribution is -1.95. The van der Waals surface area contributed by atoms with Gasteiger partial charge >= 0.3 is 0 Å². The van der Waals surface area contributed by atoms with Crippen LogP contribution in [0.5, 0.6) is 0 Å². The third-order valence-electron chi connectivity index (χ3n) is 4.58. The highest BCUT2D eigenvalue weighted by atomic mass is 32.2. The van der Waals surface area contributed by atoms with Crippen LogP contribution in [0.1, 0.15) is 12.5 Å². The number of carbonyl (C=O) groups excluding carboxylic acids is 1. The summed E-state index contributed by atoms with van der Waals surface area (Å²) in [6.07, 6.45) is 0.890. The van der Waals surface area contributed by atoms with Crippen molar-refractivity contribution in [3.63, 3.8) is 0 Å². The Balaban J connectivity index is 1.86. The van der Waals surface area contributed by atoms with Crippen LogP contribution in [0, 0.1) is 0 Å². The van der Waals surface area contributed by atoms with Gasteiger partial charge in [-0.1, -0.05) is 36.0 Å². The van der Waals surface area contributed by atoms with Crippen molar-refractivity contribution in [2.24, 2.45) is 0 Å². The first kappa shape index (κ1) is 16.7. The molecule has 0 saturated carbocycles. The Morgan fingerprint density at radius 2 is 1.69 bits per heavy atom. The molecular formula is C22H20N2OS. The van der Waals surface area contributed by atoms with Gasteiger partial charge in [-0.05, 0) is 54.4 Å². The van der Waals surface area contributed by atoms with Gasteiger partial charge in [-0.15, -0.1) is 0 Å². The predicted octanol–water partition coefficient (Wildman–Crippen LogP) is 5.19. The van der Waals surface area contributed by atoms with Crippen LogP contribution in [0.25, 0.3) is 27.5 Å². The van der Waals surface area contributed by atoms with Crippen LogP contribution in [0.15, 0.2) is 66.7 Å². The smallest absolute Gasteiger partial charge is 0.185 e. The zero-order valence-corrected chi connectivity index (χ0v) is 15.4. The fraction of sp³-hybridized carbons (Fsp3) is 0.136. The predicted molar refractivity (Wildman–Crippen MR) is 112 cm³/mol. The summed E-state index contributed by atoms with van der Waals surface area (Å²) in [6, 6.07) is 23.0. The van der Waals surface area contributed by atoms with Crippen LogP contribution in [-0.4, -0.2) is 15.4 Å². The number of fused-ring (bicyclic) bond motifs is 3. The summed E-state index contributed by atoms with van der Waals surface area (Å²) in [4.78, 5) is 11.2. The van der Waals surface area contributed by atoms with E-state index < -0.39 is 0 Å². The van der Waals surface area contributed by atoms with Crippen molar-refractivity contribution in [3.8, 4) is 5.69 Å². The van der Waals surface area contributed by atoms with Gasteiger partial charge in [-0.25, -0.2) is 0 Å². The number of hydrogen-bond acceptors (Lipinski definition) is 3. The van der Waals surface area contributed by atoms with E-state index in [4.69, 9.17) is 5.73 Å². The summed E-state index contributed by atoms with van der Waals surface area (Å²) in [5.41, 5.74) is 11.3. The van der Waals surface area contributed by atoms with Crippen LogP contribution < -0.4 is 5.73 Å². The quantitative estimate of drug-likeness (QED) is 0.510. The summed E-state index contributed by atoms with van der Waals surface area (Å²) in [5.74, 6) is 0.817. The minimum Gasteiger partial charge on any atom is -0.399 e. The Morgan fingerprint density at radius 1 is 0.962 bits per heavy atom. The molecule has 0 spiro atoms. The molecule has 4 heteroatoms. The molecule has 0 fully saturated rings. The van der Waals surface area contributed by atoms with E-state index in [1.54, 1.807) is 6.92 Å². The molecule has 0 aliphatic heterocycles. The second kappa shape index (κ2) is 6.89. The first-order chi connectivity index (χ1) is 12.6. The molecule has 0 saturated heterocycles. The van der Waals surface area contributed by atoms with Gasteiger partial charge in [-0.3, -0.25) is 4.79 Å². The Hall–Kier alpha value is -2.72. The largest absolute Gasteiger partial charge is 0.399 e. The molecule has 3 aromatic carbocycles. The van der Waals surface area contributed by atoms with Crippen LogP contribution in [0.2, 0.25) is 0 Å². The summed E-state index contributed by atoms with van der Waals surface area (Å²) in [7, 11) is 0. The third kappa shape index (κ3) is 3.08. The van der Waals surface area contributed by atoms with Crippen LogP contribution in [0.4, 0.5) is 5.69 Å². The van der Waals surface area contributed by atoms with Crippen molar-refractivity contribution in [1.82, 2.24) is 4.57 Å². The van der Waals surface area contributed by atoms with E-state index in [2.05, 4.69) is 59.2 Å². The van der Waals surface area contributed by atoms with E-state index in [9.17, 15) is 4.79 Å². The number of aryl methyl sites for hydroxylation is 1. The second-order valence-corrected chi connectivity index (χ2v) is 7.66. The maximum atomic E-state index is 11.2. The molecule has 0 aliphatic rings. The number of anilines is 1. The van der Waals surface area contributed by atoms with Crippen molar-refractivity contribution >= 4 is 44.4 Å². The Morgan fingerprint density at radius 3 is 2.46 bits per heavy atom. The van der Waals surface area contributed by atoms with Gasteiger partial charge in [-0.2, -0.15) is 0 Å². The summed E-state index contributed by atoms with van der Waals surface area (Å²) >= 11 is 1.38. The van der Waals surface area contributed by atoms with Crippen molar-refractivity contribution in [2.75, 3.05) is 11.5 Å². The number of carbonyl (C=O) groups is 1. The zero-order valence-electron chi connectivity index (χ0n) is 14.6. The van der Waals surface area contributed by atoms with Gasteiger partial charge in [0.2, 0.25) is 0 Å². The first-order valence-corrected chi connectivity index (χ1v) is 9.63. The molecule has 3 nitrogen and oxygen atoms in total. The standard InChI is InChI=1S/C22H20N2OS/c1-15(25)26-13-12-16-6-11-22-20(14-16)19-4-2-3-5-21(19)24(22)18-9-7-17(23)8-10-18/h2-11,14H,12-13,23H2,1H3. The van der Waals surface area contributed by atoms with E-state index in [0.29, 0.717) is 0 Å². The Labute approximate surface area is 156 Å². The van der Waals surface area contributed by atoms with Crippen LogP contribution >= 0.6 is 11.8 Å². The molecule has 4 rings (SSSR count). The minimum absolute atomic E-state index is 0.172. The number of rotatable bonds is 4. The van der Waals surface area contributed by atoms with Crippen molar-refractivity contribution in [3.05, 3.63) is 72.3 Å². The van der Waals surface area contributed by atoms with Crippen LogP contribution in [0.3, 0.4) is 0 Å². The molecule has 4 aromatic rings. The molecule has 130 valence electrons. The lowest BCUT2D eigenvalue weighted by atomic mass is 10.1. The molecule has 0 amide bonds. The first-order valence-electron chi connectivity index (χ1n) is 8.65. The van der Waals surface area contributed by atoms with Crippen molar-refractivity contribution in [1.29, 1.82) is 0 Å². The zero-order chi connectivity index (χ0) is 18.1. The third-order valence-corrected chi connectivity index (χ3v) is 5.40. The van der Waals surface area contributed by atoms with Crippen LogP contribution in [-0.2, 0) is 11.2 Å². The molecule has 0 atom stereocenters. The van der Waals surface area contributed by atoms with Gasteiger partial charge in [0.15, 0.2) is 5.12 Å². The Bertz CT molecular complexity index is 1100. The monoisotopic (exact) mass is 360 g/mol. The molecule has 0 radical (unpaired) electrons. The molecule has 26 heavy (non-hydrogen) atoms. The molecule has 1 heterocycles. The molecular weight excluding hydrogens is 340 g/mol. The van der Waals surface area contributed by atoms with Gasteiger partial charge < -0.3 is 10.3 Å². The molecule has 1 aromatic heterocycles. The number of hydrogen-bond donors (Lipinski definition) is 1. The number of nitrogen functional groups attached to an aromatic ring is 1. The number of nitrogens with zero attached hydrogens (tertiary/aromatic N) is 1. The fourth-order valence-electron chi connectivity index (χ4n) is 3.39.